The van der Waals surface area contributed by atoms with Crippen LogP contribution >= 0.6 is 0 Å². The second-order valence-corrected chi connectivity index (χ2v) is 2.45. The van der Waals surface area contributed by atoms with Gasteiger partial charge in [0.15, 0.2) is 0 Å². The van der Waals surface area contributed by atoms with Crippen LogP contribution in [0.4, 0.5) is 0 Å². The van der Waals surface area contributed by atoms with Crippen LogP contribution in [0.2, 0.25) is 0 Å². The van der Waals surface area contributed by atoms with Gasteiger partial charge in [-0.2, -0.15) is 0 Å². The van der Waals surface area contributed by atoms with Gasteiger partial charge in [-0.15, -0.1) is 0 Å². The number of H-pyrrole nitrogens is 1. The highest BCUT2D eigenvalue weighted by molar-refractivity contribution is 5.01. The minimum Gasteiger partial charge on any atom is -0.385 e. The van der Waals surface area contributed by atoms with Crippen molar-refractivity contribution in [2.45, 2.75) is 20.0 Å². The number of aryl methyl sites for hydroxylation is 1. The SMILES string of the molecule is Cc1cc(=O)[nH]c(C(C)O)n1. The molecule has 0 spiro atoms. The smallest absolute Gasteiger partial charge is 0.251 e. The monoisotopic (exact) mass is 154 g/mol. The molecule has 0 saturated heterocycles. The molecule has 0 fully saturated rings. The van der Waals surface area contributed by atoms with E-state index < -0.39 is 6.10 Å². The van der Waals surface area contributed by atoms with E-state index in [2.05, 4.69) is 9.97 Å². The van der Waals surface area contributed by atoms with Crippen molar-refractivity contribution in [3.8, 4) is 0 Å². The van der Waals surface area contributed by atoms with Crippen molar-refractivity contribution in [1.29, 1.82) is 0 Å². The molecule has 4 nitrogen and oxygen atoms in total. The lowest BCUT2D eigenvalue weighted by Crippen LogP contribution is -2.12. The molecular formula is C7H10N2O2. The second kappa shape index (κ2) is 2.84. The first-order chi connectivity index (χ1) is 5.09. The Balaban J connectivity index is 3.19. The molecule has 0 aliphatic carbocycles. The maximum Gasteiger partial charge on any atom is 0.251 e. The Bertz CT molecular complexity index is 304. The lowest BCUT2D eigenvalue weighted by molar-refractivity contribution is 0.188. The summed E-state index contributed by atoms with van der Waals surface area (Å²) >= 11 is 0. The van der Waals surface area contributed by atoms with Crippen molar-refractivity contribution in [3.05, 3.63) is 27.9 Å². The van der Waals surface area contributed by atoms with Crippen molar-refractivity contribution in [1.82, 2.24) is 9.97 Å². The van der Waals surface area contributed by atoms with E-state index in [0.29, 0.717) is 11.5 Å². The zero-order chi connectivity index (χ0) is 8.43. The van der Waals surface area contributed by atoms with Crippen LogP contribution < -0.4 is 5.56 Å². The van der Waals surface area contributed by atoms with Crippen LogP contribution in [0, 0.1) is 6.92 Å². The summed E-state index contributed by atoms with van der Waals surface area (Å²) in [5, 5.41) is 9.04. The summed E-state index contributed by atoms with van der Waals surface area (Å²) in [6.07, 6.45) is -0.720. The summed E-state index contributed by atoms with van der Waals surface area (Å²) in [7, 11) is 0. The summed E-state index contributed by atoms with van der Waals surface area (Å²) in [6, 6.07) is 1.38. The van der Waals surface area contributed by atoms with Gasteiger partial charge in [0.2, 0.25) is 0 Å². The molecule has 1 atom stereocenters. The van der Waals surface area contributed by atoms with Gasteiger partial charge in [0.05, 0.1) is 0 Å². The van der Waals surface area contributed by atoms with Gasteiger partial charge in [0.25, 0.3) is 5.56 Å². The Labute approximate surface area is 63.9 Å². The Morgan fingerprint density at radius 3 is 2.82 bits per heavy atom. The minimum atomic E-state index is -0.720. The van der Waals surface area contributed by atoms with E-state index in [4.69, 9.17) is 5.11 Å². The Morgan fingerprint density at radius 1 is 1.73 bits per heavy atom. The van der Waals surface area contributed by atoms with E-state index in [1.165, 1.54) is 6.07 Å². The fraction of sp³-hybridized carbons (Fsp3) is 0.429. The molecule has 0 amide bonds. The molecule has 0 aliphatic rings. The maximum atomic E-state index is 10.8. The second-order valence-electron chi connectivity index (χ2n) is 2.45. The first-order valence-electron chi connectivity index (χ1n) is 3.35. The number of aliphatic hydroxyl groups excluding tert-OH is 1. The molecule has 1 aromatic rings. The van der Waals surface area contributed by atoms with Gasteiger partial charge in [0, 0.05) is 11.8 Å². The molecule has 1 aromatic heterocycles. The fourth-order valence-electron chi connectivity index (χ4n) is 0.800. The molecule has 2 N–H and O–H groups in total. The third kappa shape index (κ3) is 1.88. The minimum absolute atomic E-state index is 0.228. The normalized spacial score (nSPS) is 13.0. The van der Waals surface area contributed by atoms with Crippen LogP contribution in [0.25, 0.3) is 0 Å². The summed E-state index contributed by atoms with van der Waals surface area (Å²) in [5.74, 6) is 0.315. The van der Waals surface area contributed by atoms with Gasteiger partial charge in [-0.05, 0) is 13.8 Å². The number of rotatable bonds is 1. The zero-order valence-electron chi connectivity index (χ0n) is 6.46. The quantitative estimate of drug-likeness (QED) is 0.604. The Hall–Kier alpha value is -1.16. The van der Waals surface area contributed by atoms with Crippen LogP contribution in [0.5, 0.6) is 0 Å². The molecule has 0 aliphatic heterocycles. The first kappa shape index (κ1) is 7.94. The van der Waals surface area contributed by atoms with Crippen LogP contribution in [0.1, 0.15) is 24.5 Å². The Morgan fingerprint density at radius 2 is 2.36 bits per heavy atom. The van der Waals surface area contributed by atoms with E-state index in [0.717, 1.165) is 0 Å². The van der Waals surface area contributed by atoms with Gasteiger partial charge in [-0.25, -0.2) is 4.98 Å². The molecule has 0 saturated carbocycles. The first-order valence-corrected chi connectivity index (χ1v) is 3.35. The molecule has 11 heavy (non-hydrogen) atoms. The molecule has 1 heterocycles. The van der Waals surface area contributed by atoms with Crippen molar-refractivity contribution in [2.24, 2.45) is 0 Å². The Kier molecular flexibility index (Phi) is 2.05. The van der Waals surface area contributed by atoms with Gasteiger partial charge in [-0.1, -0.05) is 0 Å². The van der Waals surface area contributed by atoms with Crippen LogP contribution in [0.15, 0.2) is 10.9 Å². The van der Waals surface area contributed by atoms with E-state index in [9.17, 15) is 4.79 Å². The molecule has 1 rings (SSSR count). The van der Waals surface area contributed by atoms with Crippen molar-refractivity contribution in [2.75, 3.05) is 0 Å². The van der Waals surface area contributed by atoms with Crippen molar-refractivity contribution >= 4 is 0 Å². The predicted octanol–water partition coefficient (Wildman–Crippen LogP) is 0.132. The largest absolute Gasteiger partial charge is 0.385 e. The van der Waals surface area contributed by atoms with E-state index in [1.54, 1.807) is 13.8 Å². The number of nitrogens with one attached hydrogen (secondary N) is 1. The van der Waals surface area contributed by atoms with E-state index in [1.807, 2.05) is 0 Å². The fourth-order valence-corrected chi connectivity index (χ4v) is 0.800. The summed E-state index contributed by atoms with van der Waals surface area (Å²) in [5.41, 5.74) is 0.387. The van der Waals surface area contributed by atoms with Gasteiger partial charge >= 0.3 is 0 Å². The molecular weight excluding hydrogens is 144 g/mol. The van der Waals surface area contributed by atoms with Gasteiger partial charge in [-0.3, -0.25) is 4.79 Å². The summed E-state index contributed by atoms with van der Waals surface area (Å²) in [6.45, 7) is 3.26. The third-order valence-corrected chi connectivity index (χ3v) is 1.28. The molecule has 0 radical (unpaired) electrons. The van der Waals surface area contributed by atoms with Gasteiger partial charge in [0.1, 0.15) is 11.9 Å². The highest BCUT2D eigenvalue weighted by Crippen LogP contribution is 2.02. The van der Waals surface area contributed by atoms with Crippen LogP contribution in [-0.2, 0) is 0 Å². The maximum absolute atomic E-state index is 10.8. The standard InChI is InChI=1S/C7H10N2O2/c1-4-3-6(11)9-7(8-4)5(2)10/h3,5,10H,1-2H3,(H,8,9,11). The zero-order valence-corrected chi connectivity index (χ0v) is 6.46. The molecule has 1 unspecified atom stereocenters. The van der Waals surface area contributed by atoms with Crippen LogP contribution in [0.3, 0.4) is 0 Å². The molecule has 60 valence electrons. The topological polar surface area (TPSA) is 66.0 Å². The van der Waals surface area contributed by atoms with Crippen LogP contribution in [-0.4, -0.2) is 15.1 Å². The van der Waals surface area contributed by atoms with Gasteiger partial charge < -0.3 is 10.1 Å². The van der Waals surface area contributed by atoms with E-state index in [-0.39, 0.29) is 5.56 Å². The molecule has 4 heteroatoms. The highest BCUT2D eigenvalue weighted by Gasteiger charge is 2.02. The number of aliphatic hydroxyl groups is 1. The van der Waals surface area contributed by atoms with Crippen molar-refractivity contribution < 1.29 is 5.11 Å². The number of aromatic amines is 1. The number of nitrogens with zero attached hydrogens (tertiary/aromatic N) is 1. The van der Waals surface area contributed by atoms with Crippen molar-refractivity contribution in [3.63, 3.8) is 0 Å². The number of hydrogen-bond acceptors (Lipinski definition) is 3. The summed E-state index contributed by atoms with van der Waals surface area (Å²) in [4.78, 5) is 17.2. The average Bonchev–Trinajstić information content (AvgIpc) is 1.85. The predicted molar refractivity (Wildman–Crippen MR) is 40.2 cm³/mol. The third-order valence-electron chi connectivity index (χ3n) is 1.28. The average molecular weight is 154 g/mol. The number of aromatic nitrogens is 2. The van der Waals surface area contributed by atoms with E-state index >= 15 is 0 Å². The summed E-state index contributed by atoms with van der Waals surface area (Å²) < 4.78 is 0. The number of hydrogen-bond donors (Lipinski definition) is 2. The molecule has 0 bridgehead atoms. The highest BCUT2D eigenvalue weighted by atomic mass is 16.3. The lowest BCUT2D eigenvalue weighted by atomic mass is 10.3. The lowest BCUT2D eigenvalue weighted by Gasteiger charge is -2.02. The molecule has 0 aromatic carbocycles.